The van der Waals surface area contributed by atoms with Crippen molar-refractivity contribution in [1.82, 2.24) is 0 Å². The zero-order valence-electron chi connectivity index (χ0n) is 15.7. The van der Waals surface area contributed by atoms with E-state index in [0.717, 1.165) is 31.4 Å². The molecule has 5 heteroatoms. The van der Waals surface area contributed by atoms with Crippen LogP contribution in [0.15, 0.2) is 24.3 Å². The van der Waals surface area contributed by atoms with Crippen LogP contribution in [0.25, 0.3) is 0 Å². The van der Waals surface area contributed by atoms with E-state index in [-0.39, 0.29) is 12.5 Å². The summed E-state index contributed by atoms with van der Waals surface area (Å²) in [6.45, 7) is 1.97. The molecule has 27 heavy (non-hydrogen) atoms. The Labute approximate surface area is 163 Å². The minimum atomic E-state index is -0.397. The molecule has 0 bridgehead atoms. The Morgan fingerprint density at radius 1 is 1.15 bits per heavy atom. The van der Waals surface area contributed by atoms with Gasteiger partial charge in [-0.25, -0.2) is 4.79 Å². The smallest absolute Gasteiger partial charge is 0.348 e. The third kappa shape index (κ3) is 4.08. The Bertz CT molecular complexity index is 870. The van der Waals surface area contributed by atoms with E-state index < -0.39 is 5.97 Å². The molecule has 0 unspecified atom stereocenters. The number of esters is 1. The molecule has 142 valence electrons. The lowest BCUT2D eigenvalue weighted by atomic mass is 9.87. The number of anilines is 1. The van der Waals surface area contributed by atoms with Gasteiger partial charge in [-0.3, -0.25) is 4.79 Å². The number of aryl methyl sites for hydroxylation is 3. The maximum atomic E-state index is 12.3. The predicted octanol–water partition coefficient (Wildman–Crippen LogP) is 4.55. The summed E-state index contributed by atoms with van der Waals surface area (Å²) >= 11 is 1.52. The molecule has 2 aliphatic rings. The fraction of sp³-hybridized carbons (Fsp3) is 0.455. The fourth-order valence-corrected chi connectivity index (χ4v) is 5.20. The van der Waals surface area contributed by atoms with Crippen molar-refractivity contribution < 1.29 is 14.3 Å². The van der Waals surface area contributed by atoms with Crippen LogP contribution in [0.3, 0.4) is 0 Å². The summed E-state index contributed by atoms with van der Waals surface area (Å²) in [5.74, 6) is 0.0225. The Balaban J connectivity index is 1.31. The standard InChI is InChI=1S/C22H25NO3S/c1-2-14-6-9-19-17(10-14)12-20(27-19)22(25)26-13-21(24)23-18-8-7-15-4-3-5-16(15)11-18/h7-8,11-12,14H,2-6,9-10,13H2,1H3,(H,23,24)/t14-/m0/s1. The number of hydrogen-bond acceptors (Lipinski definition) is 4. The van der Waals surface area contributed by atoms with Crippen molar-refractivity contribution in [2.24, 2.45) is 5.92 Å². The van der Waals surface area contributed by atoms with Gasteiger partial charge in [0.15, 0.2) is 6.61 Å². The molecule has 0 spiro atoms. The second kappa shape index (κ2) is 7.85. The summed E-state index contributed by atoms with van der Waals surface area (Å²) in [6, 6.07) is 7.98. The highest BCUT2D eigenvalue weighted by Gasteiger charge is 2.23. The van der Waals surface area contributed by atoms with Crippen molar-refractivity contribution in [1.29, 1.82) is 0 Å². The molecule has 0 saturated carbocycles. The quantitative estimate of drug-likeness (QED) is 0.771. The molecule has 1 aromatic carbocycles. The number of fused-ring (bicyclic) bond motifs is 2. The number of rotatable bonds is 5. The third-order valence-corrected chi connectivity index (χ3v) is 6.90. The normalized spacial score (nSPS) is 17.9. The third-order valence-electron chi connectivity index (χ3n) is 5.68. The highest BCUT2D eigenvalue weighted by atomic mass is 32.1. The fourth-order valence-electron chi connectivity index (χ4n) is 4.10. The summed E-state index contributed by atoms with van der Waals surface area (Å²) in [4.78, 5) is 26.4. The summed E-state index contributed by atoms with van der Waals surface area (Å²) in [6.07, 6.45) is 7.83. The van der Waals surface area contributed by atoms with Crippen molar-refractivity contribution >= 4 is 28.9 Å². The Hall–Kier alpha value is -2.14. The molecular weight excluding hydrogens is 358 g/mol. The largest absolute Gasteiger partial charge is 0.451 e. The van der Waals surface area contributed by atoms with Gasteiger partial charge >= 0.3 is 5.97 Å². The van der Waals surface area contributed by atoms with E-state index in [1.54, 1.807) is 0 Å². The van der Waals surface area contributed by atoms with Crippen LogP contribution in [0, 0.1) is 5.92 Å². The van der Waals surface area contributed by atoms with Crippen LogP contribution in [0.2, 0.25) is 0 Å². The monoisotopic (exact) mass is 383 g/mol. The minimum absolute atomic E-state index is 0.254. The lowest BCUT2D eigenvalue weighted by Crippen LogP contribution is -2.20. The molecule has 4 rings (SSSR count). The van der Waals surface area contributed by atoms with E-state index >= 15 is 0 Å². The minimum Gasteiger partial charge on any atom is -0.451 e. The van der Waals surface area contributed by atoms with E-state index in [1.807, 2.05) is 18.2 Å². The second-order valence-corrected chi connectivity index (χ2v) is 8.67. The van der Waals surface area contributed by atoms with Gasteiger partial charge in [0.1, 0.15) is 4.88 Å². The van der Waals surface area contributed by atoms with Crippen LogP contribution in [-0.4, -0.2) is 18.5 Å². The number of thiophene rings is 1. The zero-order valence-corrected chi connectivity index (χ0v) is 16.5. The predicted molar refractivity (Wildman–Crippen MR) is 108 cm³/mol. The first-order valence-corrected chi connectivity index (χ1v) is 10.6. The molecule has 1 amide bonds. The van der Waals surface area contributed by atoms with Crippen molar-refractivity contribution in [3.63, 3.8) is 0 Å². The van der Waals surface area contributed by atoms with Crippen LogP contribution in [0.5, 0.6) is 0 Å². The van der Waals surface area contributed by atoms with E-state index in [0.29, 0.717) is 10.8 Å². The summed E-state index contributed by atoms with van der Waals surface area (Å²) < 4.78 is 5.25. The maximum absolute atomic E-state index is 12.3. The number of ether oxygens (including phenoxy) is 1. The first kappa shape index (κ1) is 18.2. The molecule has 0 saturated heterocycles. The van der Waals surface area contributed by atoms with Gasteiger partial charge < -0.3 is 10.1 Å². The molecule has 2 aromatic rings. The van der Waals surface area contributed by atoms with Gasteiger partial charge in [-0.2, -0.15) is 0 Å². The van der Waals surface area contributed by atoms with Crippen LogP contribution >= 0.6 is 11.3 Å². The molecule has 0 radical (unpaired) electrons. The van der Waals surface area contributed by atoms with Crippen LogP contribution in [-0.2, 0) is 35.2 Å². The summed E-state index contributed by atoms with van der Waals surface area (Å²) in [5.41, 5.74) is 4.73. The number of amides is 1. The van der Waals surface area contributed by atoms with Crippen molar-refractivity contribution in [2.45, 2.75) is 51.9 Å². The average Bonchev–Trinajstić information content (AvgIpc) is 3.31. The molecule has 2 aliphatic carbocycles. The van der Waals surface area contributed by atoms with E-state index in [1.165, 1.54) is 52.2 Å². The van der Waals surface area contributed by atoms with Gasteiger partial charge in [-0.15, -0.1) is 11.3 Å². The van der Waals surface area contributed by atoms with Gasteiger partial charge in [-0.1, -0.05) is 19.4 Å². The number of carbonyl (C=O) groups excluding carboxylic acids is 2. The lowest BCUT2D eigenvalue weighted by molar-refractivity contribution is -0.119. The van der Waals surface area contributed by atoms with E-state index in [9.17, 15) is 9.59 Å². The average molecular weight is 384 g/mol. The molecule has 1 N–H and O–H groups in total. The van der Waals surface area contributed by atoms with Crippen molar-refractivity contribution in [2.75, 3.05) is 11.9 Å². The molecule has 0 aliphatic heterocycles. The summed E-state index contributed by atoms with van der Waals surface area (Å²) in [7, 11) is 0. The Kier molecular flexibility index (Phi) is 5.30. The second-order valence-electron chi connectivity index (χ2n) is 7.54. The van der Waals surface area contributed by atoms with Crippen LogP contribution < -0.4 is 5.32 Å². The Morgan fingerprint density at radius 2 is 2.00 bits per heavy atom. The molecule has 1 heterocycles. The van der Waals surface area contributed by atoms with E-state index in [4.69, 9.17) is 4.74 Å². The van der Waals surface area contributed by atoms with Gasteiger partial charge in [0.05, 0.1) is 0 Å². The molecule has 1 atom stereocenters. The first-order valence-electron chi connectivity index (χ1n) is 9.82. The number of carbonyl (C=O) groups is 2. The molecule has 4 nitrogen and oxygen atoms in total. The number of hydrogen-bond donors (Lipinski definition) is 1. The van der Waals surface area contributed by atoms with Gasteiger partial charge in [0, 0.05) is 10.6 Å². The topological polar surface area (TPSA) is 55.4 Å². The van der Waals surface area contributed by atoms with Gasteiger partial charge in [-0.05, 0) is 79.3 Å². The molecule has 0 fully saturated rings. The van der Waals surface area contributed by atoms with Crippen LogP contribution in [0.4, 0.5) is 5.69 Å². The summed E-state index contributed by atoms with van der Waals surface area (Å²) in [5, 5.41) is 2.83. The lowest BCUT2D eigenvalue weighted by Gasteiger charge is -2.19. The number of nitrogens with one attached hydrogen (secondary N) is 1. The zero-order chi connectivity index (χ0) is 18.8. The highest BCUT2D eigenvalue weighted by Crippen LogP contribution is 2.33. The number of benzene rings is 1. The maximum Gasteiger partial charge on any atom is 0.348 e. The van der Waals surface area contributed by atoms with E-state index in [2.05, 4.69) is 18.3 Å². The van der Waals surface area contributed by atoms with Crippen LogP contribution in [0.1, 0.15) is 57.4 Å². The molecular formula is C22H25NO3S. The van der Waals surface area contributed by atoms with Crippen molar-refractivity contribution in [3.05, 3.63) is 50.7 Å². The Morgan fingerprint density at radius 3 is 2.85 bits per heavy atom. The van der Waals surface area contributed by atoms with Gasteiger partial charge in [0.2, 0.25) is 0 Å². The highest BCUT2D eigenvalue weighted by molar-refractivity contribution is 7.14. The van der Waals surface area contributed by atoms with Gasteiger partial charge in [0.25, 0.3) is 5.91 Å². The SMILES string of the molecule is CC[C@H]1CCc2sc(C(=O)OCC(=O)Nc3ccc4c(c3)CCC4)cc2C1. The van der Waals surface area contributed by atoms with Crippen molar-refractivity contribution in [3.8, 4) is 0 Å². The first-order chi connectivity index (χ1) is 13.1. The molecule has 1 aromatic heterocycles.